The minimum absolute atomic E-state index is 0.00190. The minimum atomic E-state index is -0.375. The SMILES string of the molecule is CC(=O)C(C)c1nc(-c2ncccc2C)no1. The number of aryl methyl sites for hydroxylation is 1. The summed E-state index contributed by atoms with van der Waals surface area (Å²) in [5.41, 5.74) is 1.65. The Hall–Kier alpha value is -2.04. The molecule has 0 saturated heterocycles. The molecule has 17 heavy (non-hydrogen) atoms. The highest BCUT2D eigenvalue weighted by molar-refractivity contribution is 5.81. The average molecular weight is 231 g/mol. The molecular formula is C12H13N3O2. The topological polar surface area (TPSA) is 68.9 Å². The van der Waals surface area contributed by atoms with Crippen LogP contribution in [0.4, 0.5) is 0 Å². The first-order chi connectivity index (χ1) is 8.09. The molecule has 0 N–H and O–H groups in total. The van der Waals surface area contributed by atoms with Crippen molar-refractivity contribution in [2.75, 3.05) is 0 Å². The highest BCUT2D eigenvalue weighted by atomic mass is 16.5. The molecule has 5 nitrogen and oxygen atoms in total. The summed E-state index contributed by atoms with van der Waals surface area (Å²) in [6, 6.07) is 3.77. The summed E-state index contributed by atoms with van der Waals surface area (Å²) >= 11 is 0. The molecule has 2 rings (SSSR count). The number of carbonyl (C=O) groups excluding carboxylic acids is 1. The van der Waals surface area contributed by atoms with Crippen LogP contribution < -0.4 is 0 Å². The second-order valence-electron chi connectivity index (χ2n) is 3.96. The van der Waals surface area contributed by atoms with Crippen LogP contribution in [0.15, 0.2) is 22.9 Å². The van der Waals surface area contributed by atoms with Gasteiger partial charge >= 0.3 is 0 Å². The highest BCUT2D eigenvalue weighted by Crippen LogP contribution is 2.20. The fraction of sp³-hybridized carbons (Fsp3) is 0.333. The Labute approximate surface area is 98.9 Å². The highest BCUT2D eigenvalue weighted by Gasteiger charge is 2.19. The van der Waals surface area contributed by atoms with Gasteiger partial charge < -0.3 is 4.52 Å². The van der Waals surface area contributed by atoms with Crippen molar-refractivity contribution in [1.29, 1.82) is 0 Å². The fourth-order valence-corrected chi connectivity index (χ4v) is 1.40. The Morgan fingerprint density at radius 1 is 1.47 bits per heavy atom. The summed E-state index contributed by atoms with van der Waals surface area (Å²) in [5, 5.41) is 3.85. The smallest absolute Gasteiger partial charge is 0.237 e. The van der Waals surface area contributed by atoms with Gasteiger partial charge in [-0.2, -0.15) is 4.98 Å². The molecule has 0 aliphatic rings. The van der Waals surface area contributed by atoms with Crippen LogP contribution in [-0.4, -0.2) is 20.9 Å². The summed E-state index contributed by atoms with van der Waals surface area (Å²) in [4.78, 5) is 19.6. The van der Waals surface area contributed by atoms with Gasteiger partial charge in [-0.25, -0.2) is 0 Å². The van der Waals surface area contributed by atoms with E-state index in [-0.39, 0.29) is 11.7 Å². The molecule has 2 aromatic heterocycles. The van der Waals surface area contributed by atoms with E-state index in [4.69, 9.17) is 4.52 Å². The van der Waals surface area contributed by atoms with Gasteiger partial charge in [-0.05, 0) is 32.4 Å². The van der Waals surface area contributed by atoms with E-state index >= 15 is 0 Å². The number of hydrogen-bond donors (Lipinski definition) is 0. The molecule has 1 unspecified atom stereocenters. The van der Waals surface area contributed by atoms with Gasteiger partial charge in [0.05, 0.1) is 5.92 Å². The lowest BCUT2D eigenvalue weighted by molar-refractivity contribution is -0.118. The zero-order valence-corrected chi connectivity index (χ0v) is 9.97. The van der Waals surface area contributed by atoms with Crippen LogP contribution in [-0.2, 0) is 4.79 Å². The predicted molar refractivity (Wildman–Crippen MR) is 61.4 cm³/mol. The molecule has 1 atom stereocenters. The van der Waals surface area contributed by atoms with Crippen molar-refractivity contribution < 1.29 is 9.32 Å². The third kappa shape index (κ3) is 2.22. The Morgan fingerprint density at radius 2 is 2.24 bits per heavy atom. The maximum absolute atomic E-state index is 11.2. The molecule has 0 radical (unpaired) electrons. The Bertz CT molecular complexity index is 548. The molecule has 0 amide bonds. The molecule has 0 saturated carbocycles. The normalized spacial score (nSPS) is 12.4. The maximum Gasteiger partial charge on any atom is 0.237 e. The van der Waals surface area contributed by atoms with Crippen molar-refractivity contribution in [3.05, 3.63) is 29.8 Å². The first kappa shape index (κ1) is 11.4. The summed E-state index contributed by atoms with van der Waals surface area (Å²) in [6.07, 6.45) is 1.67. The second kappa shape index (κ2) is 4.45. The zero-order chi connectivity index (χ0) is 12.4. The lowest BCUT2D eigenvalue weighted by Gasteiger charge is -1.99. The largest absolute Gasteiger partial charge is 0.338 e. The molecular weight excluding hydrogens is 218 g/mol. The maximum atomic E-state index is 11.2. The van der Waals surface area contributed by atoms with E-state index in [1.807, 2.05) is 19.1 Å². The molecule has 0 spiro atoms. The van der Waals surface area contributed by atoms with E-state index in [0.29, 0.717) is 17.4 Å². The van der Waals surface area contributed by atoms with Crippen LogP contribution in [0.3, 0.4) is 0 Å². The van der Waals surface area contributed by atoms with Crippen molar-refractivity contribution in [1.82, 2.24) is 15.1 Å². The first-order valence-corrected chi connectivity index (χ1v) is 5.35. The van der Waals surface area contributed by atoms with Crippen molar-refractivity contribution in [3.63, 3.8) is 0 Å². The molecule has 88 valence electrons. The zero-order valence-electron chi connectivity index (χ0n) is 9.97. The monoisotopic (exact) mass is 231 g/mol. The van der Waals surface area contributed by atoms with E-state index in [9.17, 15) is 4.79 Å². The molecule has 5 heteroatoms. The number of rotatable bonds is 3. The number of Topliss-reactive ketones (excluding diaryl/α,β-unsaturated/α-hetero) is 1. The Morgan fingerprint density at radius 3 is 2.88 bits per heavy atom. The van der Waals surface area contributed by atoms with Crippen LogP contribution in [0, 0.1) is 6.92 Å². The standard InChI is InChI=1S/C12H13N3O2/c1-7-5-4-6-13-10(7)11-14-12(17-15-11)8(2)9(3)16/h4-6,8H,1-3H3. The van der Waals surface area contributed by atoms with E-state index in [0.717, 1.165) is 5.56 Å². The molecule has 0 aliphatic heterocycles. The first-order valence-electron chi connectivity index (χ1n) is 5.35. The number of carbonyl (C=O) groups is 1. The molecule has 2 aromatic rings. The van der Waals surface area contributed by atoms with Crippen molar-refractivity contribution >= 4 is 5.78 Å². The van der Waals surface area contributed by atoms with Crippen LogP contribution >= 0.6 is 0 Å². The quantitative estimate of drug-likeness (QED) is 0.809. The van der Waals surface area contributed by atoms with Gasteiger partial charge in [0.2, 0.25) is 11.7 Å². The van der Waals surface area contributed by atoms with Crippen LogP contribution in [0.25, 0.3) is 11.5 Å². The summed E-state index contributed by atoms with van der Waals surface area (Å²) in [7, 11) is 0. The molecule has 0 aromatic carbocycles. The number of pyridine rings is 1. The van der Waals surface area contributed by atoms with E-state index in [1.165, 1.54) is 6.92 Å². The number of hydrogen-bond acceptors (Lipinski definition) is 5. The molecule has 0 bridgehead atoms. The third-order valence-electron chi connectivity index (χ3n) is 2.64. The number of aromatic nitrogens is 3. The van der Waals surface area contributed by atoms with Crippen molar-refractivity contribution in [2.45, 2.75) is 26.7 Å². The van der Waals surface area contributed by atoms with Crippen molar-refractivity contribution in [2.24, 2.45) is 0 Å². The molecule has 2 heterocycles. The lowest BCUT2D eigenvalue weighted by atomic mass is 10.1. The lowest BCUT2D eigenvalue weighted by Crippen LogP contribution is -2.04. The second-order valence-corrected chi connectivity index (χ2v) is 3.96. The third-order valence-corrected chi connectivity index (χ3v) is 2.64. The van der Waals surface area contributed by atoms with Crippen LogP contribution in [0.1, 0.15) is 31.2 Å². The Kier molecular flexibility index (Phi) is 2.99. The average Bonchev–Trinajstić information content (AvgIpc) is 2.77. The van der Waals surface area contributed by atoms with Crippen LogP contribution in [0.5, 0.6) is 0 Å². The van der Waals surface area contributed by atoms with E-state index < -0.39 is 0 Å². The summed E-state index contributed by atoms with van der Waals surface area (Å²) in [5.74, 6) is 0.377. The van der Waals surface area contributed by atoms with Gasteiger partial charge in [-0.15, -0.1) is 0 Å². The van der Waals surface area contributed by atoms with Crippen molar-refractivity contribution in [3.8, 4) is 11.5 Å². The molecule has 0 fully saturated rings. The summed E-state index contributed by atoms with van der Waals surface area (Å²) < 4.78 is 5.08. The fourth-order valence-electron chi connectivity index (χ4n) is 1.40. The van der Waals surface area contributed by atoms with Gasteiger partial charge in [-0.3, -0.25) is 9.78 Å². The van der Waals surface area contributed by atoms with Gasteiger partial charge in [0, 0.05) is 6.20 Å². The molecule has 0 aliphatic carbocycles. The number of nitrogens with zero attached hydrogens (tertiary/aromatic N) is 3. The van der Waals surface area contributed by atoms with Gasteiger partial charge in [0.15, 0.2) is 0 Å². The number of ketones is 1. The minimum Gasteiger partial charge on any atom is -0.338 e. The Balaban J connectivity index is 2.37. The summed E-state index contributed by atoms with van der Waals surface area (Å²) in [6.45, 7) is 5.16. The van der Waals surface area contributed by atoms with Gasteiger partial charge in [-0.1, -0.05) is 11.2 Å². The van der Waals surface area contributed by atoms with Gasteiger partial charge in [0.1, 0.15) is 11.5 Å². The van der Waals surface area contributed by atoms with Gasteiger partial charge in [0.25, 0.3) is 0 Å². The van der Waals surface area contributed by atoms with Crippen LogP contribution in [0.2, 0.25) is 0 Å². The van der Waals surface area contributed by atoms with E-state index in [2.05, 4.69) is 15.1 Å². The van der Waals surface area contributed by atoms with E-state index in [1.54, 1.807) is 13.1 Å². The predicted octanol–water partition coefficient (Wildman–Crippen LogP) is 2.13.